The molecule has 1 aromatic carbocycles. The van der Waals surface area contributed by atoms with Crippen LogP contribution in [0.5, 0.6) is 0 Å². The minimum absolute atomic E-state index is 0.225. The van der Waals surface area contributed by atoms with E-state index < -0.39 is 0 Å². The van der Waals surface area contributed by atoms with Crippen LogP contribution in [0.4, 0.5) is 5.69 Å². The predicted molar refractivity (Wildman–Crippen MR) is 76.7 cm³/mol. The molecule has 2 N–H and O–H groups in total. The fourth-order valence-electron chi connectivity index (χ4n) is 1.71. The fraction of sp³-hybridized carbons (Fsp3) is 0.462. The van der Waals surface area contributed by atoms with Gasteiger partial charge < -0.3 is 5.73 Å². The van der Waals surface area contributed by atoms with Gasteiger partial charge in [0.2, 0.25) is 0 Å². The van der Waals surface area contributed by atoms with Gasteiger partial charge in [-0.15, -0.1) is 5.10 Å². The Kier molecular flexibility index (Phi) is 3.75. The number of aromatic nitrogens is 4. The van der Waals surface area contributed by atoms with Crippen molar-refractivity contribution in [3.63, 3.8) is 0 Å². The SMILES string of the molecule is CC(C)(C)CCn1nnnc1-c1cccc(N)c1Cl. The molecule has 0 aliphatic carbocycles. The Morgan fingerprint density at radius 2 is 2.05 bits per heavy atom. The molecule has 0 saturated heterocycles. The van der Waals surface area contributed by atoms with Crippen LogP contribution in [0, 0.1) is 5.41 Å². The summed E-state index contributed by atoms with van der Waals surface area (Å²) in [4.78, 5) is 0. The minimum Gasteiger partial charge on any atom is -0.398 e. The zero-order chi connectivity index (χ0) is 14.0. The van der Waals surface area contributed by atoms with Crippen LogP contribution in [0.3, 0.4) is 0 Å². The maximum atomic E-state index is 6.21. The Bertz CT molecular complexity index is 571. The molecule has 102 valence electrons. The van der Waals surface area contributed by atoms with Gasteiger partial charge in [0, 0.05) is 12.1 Å². The zero-order valence-electron chi connectivity index (χ0n) is 11.4. The third-order valence-electron chi connectivity index (χ3n) is 2.87. The molecule has 0 atom stereocenters. The van der Waals surface area contributed by atoms with Gasteiger partial charge in [0.05, 0.1) is 10.7 Å². The molecule has 1 heterocycles. The Morgan fingerprint density at radius 3 is 2.74 bits per heavy atom. The van der Waals surface area contributed by atoms with Crippen molar-refractivity contribution in [2.75, 3.05) is 5.73 Å². The van der Waals surface area contributed by atoms with Crippen LogP contribution in [0.1, 0.15) is 27.2 Å². The van der Waals surface area contributed by atoms with Gasteiger partial charge in [0.25, 0.3) is 0 Å². The summed E-state index contributed by atoms with van der Waals surface area (Å²) >= 11 is 6.21. The van der Waals surface area contributed by atoms with Crippen LogP contribution in [0.25, 0.3) is 11.4 Å². The molecule has 0 radical (unpaired) electrons. The van der Waals surface area contributed by atoms with Gasteiger partial charge in [-0.3, -0.25) is 0 Å². The average Bonchev–Trinajstić information content (AvgIpc) is 2.77. The van der Waals surface area contributed by atoms with Gasteiger partial charge in [-0.1, -0.05) is 38.4 Å². The number of nitrogen functional groups attached to an aromatic ring is 1. The van der Waals surface area contributed by atoms with Crippen molar-refractivity contribution in [3.8, 4) is 11.4 Å². The number of nitrogens with two attached hydrogens (primary N) is 1. The van der Waals surface area contributed by atoms with Crippen molar-refractivity contribution >= 4 is 17.3 Å². The first kappa shape index (κ1) is 13.8. The molecule has 19 heavy (non-hydrogen) atoms. The third kappa shape index (κ3) is 3.23. The maximum Gasteiger partial charge on any atom is 0.183 e. The van der Waals surface area contributed by atoms with Gasteiger partial charge in [0.15, 0.2) is 5.82 Å². The number of rotatable bonds is 3. The van der Waals surface area contributed by atoms with Crippen molar-refractivity contribution < 1.29 is 0 Å². The van der Waals surface area contributed by atoms with Crippen molar-refractivity contribution in [1.82, 2.24) is 20.2 Å². The molecule has 0 aliphatic heterocycles. The number of nitrogens with zero attached hydrogens (tertiary/aromatic N) is 4. The van der Waals surface area contributed by atoms with Crippen molar-refractivity contribution in [2.24, 2.45) is 5.41 Å². The highest BCUT2D eigenvalue weighted by atomic mass is 35.5. The van der Waals surface area contributed by atoms with E-state index in [9.17, 15) is 0 Å². The number of anilines is 1. The van der Waals surface area contributed by atoms with E-state index in [1.54, 1.807) is 10.7 Å². The Morgan fingerprint density at radius 1 is 1.32 bits per heavy atom. The number of hydrogen-bond donors (Lipinski definition) is 1. The maximum absolute atomic E-state index is 6.21. The molecule has 0 bridgehead atoms. The first-order valence-corrected chi connectivity index (χ1v) is 6.57. The minimum atomic E-state index is 0.225. The lowest BCUT2D eigenvalue weighted by Gasteiger charge is -2.18. The second kappa shape index (κ2) is 5.17. The second-order valence-electron chi connectivity index (χ2n) is 5.75. The molecule has 0 fully saturated rings. The van der Waals surface area contributed by atoms with Crippen molar-refractivity contribution in [2.45, 2.75) is 33.7 Å². The zero-order valence-corrected chi connectivity index (χ0v) is 12.1. The van der Waals surface area contributed by atoms with Crippen LogP contribution in [0.15, 0.2) is 18.2 Å². The number of tetrazole rings is 1. The summed E-state index contributed by atoms with van der Waals surface area (Å²) in [6.45, 7) is 7.30. The van der Waals surface area contributed by atoms with Gasteiger partial charge in [-0.25, -0.2) is 4.68 Å². The highest BCUT2D eigenvalue weighted by molar-refractivity contribution is 6.35. The van der Waals surface area contributed by atoms with E-state index in [-0.39, 0.29) is 5.41 Å². The number of halogens is 1. The van der Waals surface area contributed by atoms with Crippen LogP contribution < -0.4 is 5.73 Å². The molecular formula is C13H18ClN5. The van der Waals surface area contributed by atoms with Crippen LogP contribution in [-0.4, -0.2) is 20.2 Å². The van der Waals surface area contributed by atoms with Crippen LogP contribution in [0.2, 0.25) is 5.02 Å². The molecule has 0 unspecified atom stereocenters. The molecule has 0 saturated carbocycles. The van der Waals surface area contributed by atoms with Gasteiger partial charge in [-0.05, 0) is 34.4 Å². The van der Waals surface area contributed by atoms with Gasteiger partial charge in [-0.2, -0.15) is 0 Å². The lowest BCUT2D eigenvalue weighted by Crippen LogP contribution is -2.12. The van der Waals surface area contributed by atoms with Crippen molar-refractivity contribution in [3.05, 3.63) is 23.2 Å². The molecule has 2 aromatic rings. The predicted octanol–water partition coefficient (Wildman–Crippen LogP) is 3.01. The molecule has 0 amide bonds. The molecule has 2 rings (SSSR count). The van der Waals surface area contributed by atoms with Gasteiger partial charge in [0.1, 0.15) is 0 Å². The molecular weight excluding hydrogens is 262 g/mol. The monoisotopic (exact) mass is 279 g/mol. The first-order valence-electron chi connectivity index (χ1n) is 6.19. The summed E-state index contributed by atoms with van der Waals surface area (Å²) in [6.07, 6.45) is 0.977. The van der Waals surface area contributed by atoms with E-state index >= 15 is 0 Å². The van der Waals surface area contributed by atoms with E-state index in [0.717, 1.165) is 18.5 Å². The summed E-state index contributed by atoms with van der Waals surface area (Å²) in [5.41, 5.74) is 7.33. The standard InChI is InChI=1S/C13H18ClN5/c1-13(2,3)7-8-19-12(16-17-18-19)9-5-4-6-10(15)11(9)14/h4-6H,7-8,15H2,1-3H3. The van der Waals surface area contributed by atoms with Crippen molar-refractivity contribution in [1.29, 1.82) is 0 Å². The summed E-state index contributed by atoms with van der Waals surface area (Å²) < 4.78 is 1.77. The second-order valence-corrected chi connectivity index (χ2v) is 6.12. The smallest absolute Gasteiger partial charge is 0.183 e. The fourth-order valence-corrected chi connectivity index (χ4v) is 1.92. The largest absolute Gasteiger partial charge is 0.398 e. The van der Waals surface area contributed by atoms with Gasteiger partial charge >= 0.3 is 0 Å². The molecule has 0 aliphatic rings. The van der Waals surface area contributed by atoms with Crippen LogP contribution in [-0.2, 0) is 6.54 Å². The van der Waals surface area contributed by atoms with E-state index in [0.29, 0.717) is 16.5 Å². The normalized spacial score (nSPS) is 11.8. The number of benzene rings is 1. The topological polar surface area (TPSA) is 69.6 Å². The highest BCUT2D eigenvalue weighted by Gasteiger charge is 2.16. The lowest BCUT2D eigenvalue weighted by atomic mass is 9.92. The molecule has 6 heteroatoms. The Balaban J connectivity index is 2.31. The summed E-state index contributed by atoms with van der Waals surface area (Å²) in [7, 11) is 0. The van der Waals surface area contributed by atoms with E-state index in [1.807, 2.05) is 12.1 Å². The molecule has 1 aromatic heterocycles. The number of hydrogen-bond acceptors (Lipinski definition) is 4. The number of aryl methyl sites for hydroxylation is 1. The van der Waals surface area contributed by atoms with E-state index in [4.69, 9.17) is 17.3 Å². The Labute approximate surface area is 117 Å². The quantitative estimate of drug-likeness (QED) is 0.877. The lowest BCUT2D eigenvalue weighted by molar-refractivity contribution is 0.340. The Hall–Kier alpha value is -1.62. The van der Waals surface area contributed by atoms with E-state index in [1.165, 1.54) is 0 Å². The summed E-state index contributed by atoms with van der Waals surface area (Å²) in [5.74, 6) is 0.654. The molecule has 0 spiro atoms. The first-order chi connectivity index (χ1) is 8.88. The highest BCUT2D eigenvalue weighted by Crippen LogP contribution is 2.31. The van der Waals surface area contributed by atoms with E-state index in [2.05, 4.69) is 36.3 Å². The summed E-state index contributed by atoms with van der Waals surface area (Å²) in [5, 5.41) is 12.3. The average molecular weight is 280 g/mol. The van der Waals surface area contributed by atoms with Crippen LogP contribution >= 0.6 is 11.6 Å². The third-order valence-corrected chi connectivity index (χ3v) is 3.30. The summed E-state index contributed by atoms with van der Waals surface area (Å²) in [6, 6.07) is 5.48. The molecule has 5 nitrogen and oxygen atoms in total.